The second kappa shape index (κ2) is 6.21. The van der Waals surface area contributed by atoms with E-state index in [-0.39, 0.29) is 6.61 Å². The second-order valence-corrected chi connectivity index (χ2v) is 5.71. The lowest BCUT2D eigenvalue weighted by Gasteiger charge is -2.29. The normalized spacial score (nSPS) is 14.0. The Morgan fingerprint density at radius 2 is 1.60 bits per heavy atom. The molecule has 0 fully saturated rings. The van der Waals surface area contributed by atoms with Gasteiger partial charge in [-0.2, -0.15) is 0 Å². The van der Waals surface area contributed by atoms with Crippen molar-refractivity contribution in [3.05, 3.63) is 70.8 Å². The van der Waals surface area contributed by atoms with Crippen LogP contribution in [0.4, 0.5) is 0 Å². The van der Waals surface area contributed by atoms with E-state index in [1.807, 2.05) is 37.3 Å². The van der Waals surface area contributed by atoms with Gasteiger partial charge in [0.15, 0.2) is 0 Å². The highest BCUT2D eigenvalue weighted by molar-refractivity contribution is 5.29. The maximum atomic E-state index is 9.76. The monoisotopic (exact) mass is 269 g/mol. The quantitative estimate of drug-likeness (QED) is 0.873. The van der Waals surface area contributed by atoms with Crippen molar-refractivity contribution in [2.24, 2.45) is 0 Å². The topological polar surface area (TPSA) is 32.3 Å². The van der Waals surface area contributed by atoms with E-state index in [9.17, 15) is 5.11 Å². The van der Waals surface area contributed by atoms with E-state index in [1.165, 1.54) is 16.7 Å². The minimum absolute atomic E-state index is 0.0712. The smallest absolute Gasteiger partial charge is 0.0652 e. The van der Waals surface area contributed by atoms with Gasteiger partial charge < -0.3 is 10.4 Å². The SMILES string of the molecule is Cc1cc(C)cc(CNC(C)(CO)c2ccccc2)c1. The predicted octanol–water partition coefficient (Wildman–Crippen LogP) is 3.30. The van der Waals surface area contributed by atoms with Gasteiger partial charge in [0, 0.05) is 6.54 Å². The Balaban J connectivity index is 2.15. The molecule has 0 bridgehead atoms. The molecule has 2 rings (SSSR count). The highest BCUT2D eigenvalue weighted by Crippen LogP contribution is 2.21. The van der Waals surface area contributed by atoms with Crippen LogP contribution in [0.3, 0.4) is 0 Å². The molecule has 2 heteroatoms. The van der Waals surface area contributed by atoms with E-state index in [4.69, 9.17) is 0 Å². The van der Waals surface area contributed by atoms with Gasteiger partial charge in [-0.05, 0) is 31.9 Å². The molecule has 106 valence electrons. The van der Waals surface area contributed by atoms with Crippen LogP contribution in [0, 0.1) is 13.8 Å². The first kappa shape index (κ1) is 14.8. The zero-order chi connectivity index (χ0) is 14.6. The molecule has 0 aliphatic carbocycles. The van der Waals surface area contributed by atoms with E-state index >= 15 is 0 Å². The number of hydrogen-bond acceptors (Lipinski definition) is 2. The summed E-state index contributed by atoms with van der Waals surface area (Å²) in [5, 5.41) is 13.2. The van der Waals surface area contributed by atoms with Gasteiger partial charge in [0.25, 0.3) is 0 Å². The summed E-state index contributed by atoms with van der Waals surface area (Å²) in [6, 6.07) is 16.6. The Bertz CT molecular complexity index is 545. The van der Waals surface area contributed by atoms with Crippen molar-refractivity contribution in [3.8, 4) is 0 Å². The number of rotatable bonds is 5. The van der Waals surface area contributed by atoms with Crippen LogP contribution in [-0.2, 0) is 12.1 Å². The molecule has 0 amide bonds. The van der Waals surface area contributed by atoms with Gasteiger partial charge in [-0.25, -0.2) is 0 Å². The summed E-state index contributed by atoms with van der Waals surface area (Å²) in [6.07, 6.45) is 0. The van der Waals surface area contributed by atoms with Crippen LogP contribution < -0.4 is 5.32 Å². The third kappa shape index (κ3) is 3.47. The molecule has 1 atom stereocenters. The molecule has 0 radical (unpaired) electrons. The maximum absolute atomic E-state index is 9.76. The fraction of sp³-hybridized carbons (Fsp3) is 0.333. The van der Waals surface area contributed by atoms with E-state index in [0.29, 0.717) is 0 Å². The molecular formula is C18H23NO. The summed E-state index contributed by atoms with van der Waals surface area (Å²) in [5.41, 5.74) is 4.48. The van der Waals surface area contributed by atoms with Crippen LogP contribution in [0.2, 0.25) is 0 Å². The molecule has 2 aromatic rings. The average Bonchev–Trinajstić information content (AvgIpc) is 2.45. The van der Waals surface area contributed by atoms with E-state index in [1.54, 1.807) is 0 Å². The third-order valence-corrected chi connectivity index (χ3v) is 3.69. The van der Waals surface area contributed by atoms with Crippen molar-refractivity contribution in [1.29, 1.82) is 0 Å². The number of aliphatic hydroxyl groups excluding tert-OH is 1. The van der Waals surface area contributed by atoms with E-state index in [2.05, 4.69) is 37.4 Å². The maximum Gasteiger partial charge on any atom is 0.0652 e. The molecule has 0 saturated carbocycles. The van der Waals surface area contributed by atoms with Crippen LogP contribution in [0.25, 0.3) is 0 Å². The molecule has 0 heterocycles. The second-order valence-electron chi connectivity index (χ2n) is 5.71. The molecular weight excluding hydrogens is 246 g/mol. The van der Waals surface area contributed by atoms with Gasteiger partial charge in [-0.15, -0.1) is 0 Å². The van der Waals surface area contributed by atoms with Gasteiger partial charge >= 0.3 is 0 Å². The lowest BCUT2D eigenvalue weighted by Crippen LogP contribution is -2.42. The number of hydrogen-bond donors (Lipinski definition) is 2. The van der Waals surface area contributed by atoms with Crippen molar-refractivity contribution < 1.29 is 5.11 Å². The first-order valence-electron chi connectivity index (χ1n) is 7.02. The van der Waals surface area contributed by atoms with Gasteiger partial charge in [0.2, 0.25) is 0 Å². The third-order valence-electron chi connectivity index (χ3n) is 3.69. The Morgan fingerprint density at radius 3 is 2.15 bits per heavy atom. The summed E-state index contributed by atoms with van der Waals surface area (Å²) in [6.45, 7) is 7.07. The molecule has 1 unspecified atom stereocenters. The lowest BCUT2D eigenvalue weighted by atomic mass is 9.92. The zero-order valence-corrected chi connectivity index (χ0v) is 12.5. The molecule has 0 spiro atoms. The van der Waals surface area contributed by atoms with E-state index < -0.39 is 5.54 Å². The largest absolute Gasteiger partial charge is 0.394 e. The molecule has 0 aromatic heterocycles. The molecule has 0 saturated heterocycles. The van der Waals surface area contributed by atoms with Gasteiger partial charge in [-0.3, -0.25) is 0 Å². The Labute approximate surface area is 121 Å². The van der Waals surface area contributed by atoms with Crippen LogP contribution in [0.15, 0.2) is 48.5 Å². The molecule has 0 aliphatic rings. The van der Waals surface area contributed by atoms with Crippen molar-refractivity contribution in [2.75, 3.05) is 6.61 Å². The fourth-order valence-corrected chi connectivity index (χ4v) is 2.52. The summed E-state index contributed by atoms with van der Waals surface area (Å²) in [4.78, 5) is 0. The Kier molecular flexibility index (Phi) is 4.58. The summed E-state index contributed by atoms with van der Waals surface area (Å²) >= 11 is 0. The highest BCUT2D eigenvalue weighted by atomic mass is 16.3. The van der Waals surface area contributed by atoms with Gasteiger partial charge in [0.05, 0.1) is 12.1 Å². The average molecular weight is 269 g/mol. The number of aryl methyl sites for hydroxylation is 2. The molecule has 2 N–H and O–H groups in total. The fourth-order valence-electron chi connectivity index (χ4n) is 2.52. The van der Waals surface area contributed by atoms with Crippen molar-refractivity contribution in [3.63, 3.8) is 0 Å². The Hall–Kier alpha value is -1.64. The standard InChI is InChI=1S/C18H23NO/c1-14-9-15(2)11-16(10-14)12-19-18(3,13-20)17-7-5-4-6-8-17/h4-11,19-20H,12-13H2,1-3H3. The van der Waals surface area contributed by atoms with Crippen LogP contribution in [0.1, 0.15) is 29.2 Å². The lowest BCUT2D eigenvalue weighted by molar-refractivity contribution is 0.173. The van der Waals surface area contributed by atoms with Crippen LogP contribution in [0.5, 0.6) is 0 Å². The highest BCUT2D eigenvalue weighted by Gasteiger charge is 2.24. The van der Waals surface area contributed by atoms with Crippen molar-refractivity contribution in [2.45, 2.75) is 32.9 Å². The number of aliphatic hydroxyl groups is 1. The first-order valence-corrected chi connectivity index (χ1v) is 7.02. The number of benzene rings is 2. The minimum Gasteiger partial charge on any atom is -0.394 e. The number of nitrogens with one attached hydrogen (secondary N) is 1. The molecule has 0 aliphatic heterocycles. The van der Waals surface area contributed by atoms with Crippen LogP contribution in [-0.4, -0.2) is 11.7 Å². The minimum atomic E-state index is -0.418. The summed E-state index contributed by atoms with van der Waals surface area (Å²) in [5.74, 6) is 0. The summed E-state index contributed by atoms with van der Waals surface area (Å²) < 4.78 is 0. The van der Waals surface area contributed by atoms with E-state index in [0.717, 1.165) is 12.1 Å². The van der Waals surface area contributed by atoms with Crippen LogP contribution >= 0.6 is 0 Å². The Morgan fingerprint density at radius 1 is 1.00 bits per heavy atom. The van der Waals surface area contributed by atoms with Gasteiger partial charge in [0.1, 0.15) is 0 Å². The molecule has 20 heavy (non-hydrogen) atoms. The van der Waals surface area contributed by atoms with Gasteiger partial charge in [-0.1, -0.05) is 59.7 Å². The zero-order valence-electron chi connectivity index (χ0n) is 12.5. The summed E-state index contributed by atoms with van der Waals surface area (Å²) in [7, 11) is 0. The first-order chi connectivity index (χ1) is 9.53. The van der Waals surface area contributed by atoms with Crippen molar-refractivity contribution in [1.82, 2.24) is 5.32 Å². The molecule has 2 nitrogen and oxygen atoms in total. The predicted molar refractivity (Wildman–Crippen MR) is 83.6 cm³/mol. The van der Waals surface area contributed by atoms with Crippen molar-refractivity contribution >= 4 is 0 Å². The molecule has 2 aromatic carbocycles.